The lowest BCUT2D eigenvalue weighted by molar-refractivity contribution is 0.112. The number of benzene rings is 3. The first-order valence-electron chi connectivity index (χ1n) is 8.23. The van der Waals surface area contributed by atoms with Crippen molar-refractivity contribution in [2.24, 2.45) is 0 Å². The molecule has 24 heavy (non-hydrogen) atoms. The Bertz CT molecular complexity index is 903. The van der Waals surface area contributed by atoms with Gasteiger partial charge in [-0.05, 0) is 34.4 Å². The van der Waals surface area contributed by atoms with Gasteiger partial charge in [0.25, 0.3) is 0 Å². The summed E-state index contributed by atoms with van der Waals surface area (Å²) in [5, 5.41) is 11.9. The van der Waals surface area contributed by atoms with Crippen molar-refractivity contribution < 1.29 is 9.90 Å². The number of fused-ring (bicyclic) bond motifs is 2. The number of nitrogens with zero attached hydrogens (tertiary/aromatic N) is 1. The molecule has 0 saturated heterocycles. The van der Waals surface area contributed by atoms with Crippen LogP contribution in [0.5, 0.6) is 0 Å². The summed E-state index contributed by atoms with van der Waals surface area (Å²) >= 11 is 0. The number of hydrogen-bond acceptors (Lipinski definition) is 3. The molecule has 0 amide bonds. The zero-order chi connectivity index (χ0) is 16.5. The monoisotopic (exact) mass is 317 g/mol. The molecule has 4 rings (SSSR count). The van der Waals surface area contributed by atoms with Gasteiger partial charge < -0.3 is 10.0 Å². The lowest BCUT2D eigenvalue weighted by Gasteiger charge is -2.38. The molecule has 3 aromatic rings. The van der Waals surface area contributed by atoms with Crippen molar-refractivity contribution in [3.8, 4) is 0 Å². The van der Waals surface area contributed by atoms with E-state index in [1.807, 2.05) is 48.5 Å². The van der Waals surface area contributed by atoms with E-state index in [1.165, 1.54) is 11.1 Å². The fourth-order valence-corrected chi connectivity index (χ4v) is 3.69. The second-order valence-electron chi connectivity index (χ2n) is 6.27. The summed E-state index contributed by atoms with van der Waals surface area (Å²) in [4.78, 5) is 14.0. The van der Waals surface area contributed by atoms with Crippen LogP contribution in [0.4, 0.5) is 5.69 Å². The highest BCUT2D eigenvalue weighted by molar-refractivity contribution is 6.03. The molecule has 0 fully saturated rings. The van der Waals surface area contributed by atoms with E-state index in [0.29, 0.717) is 12.1 Å². The van der Waals surface area contributed by atoms with Gasteiger partial charge in [-0.2, -0.15) is 0 Å². The van der Waals surface area contributed by atoms with E-state index in [0.717, 1.165) is 29.2 Å². The van der Waals surface area contributed by atoms with Gasteiger partial charge in [0, 0.05) is 17.8 Å². The maximum Gasteiger partial charge on any atom is 0.152 e. The van der Waals surface area contributed by atoms with Crippen LogP contribution in [0.1, 0.15) is 21.5 Å². The number of carbonyl (C=O) groups excluding carboxylic acids is 1. The van der Waals surface area contributed by atoms with Crippen LogP contribution < -0.4 is 4.90 Å². The first-order chi connectivity index (χ1) is 11.8. The van der Waals surface area contributed by atoms with E-state index >= 15 is 0 Å². The first-order valence-corrected chi connectivity index (χ1v) is 8.23. The first kappa shape index (κ1) is 14.9. The molecule has 1 atom stereocenters. The highest BCUT2D eigenvalue weighted by atomic mass is 16.3. The van der Waals surface area contributed by atoms with Crippen LogP contribution >= 0.6 is 0 Å². The van der Waals surface area contributed by atoms with E-state index < -0.39 is 0 Å². The van der Waals surface area contributed by atoms with E-state index in [9.17, 15) is 9.90 Å². The summed E-state index contributed by atoms with van der Waals surface area (Å²) in [6, 6.07) is 20.3. The fourth-order valence-electron chi connectivity index (χ4n) is 3.69. The summed E-state index contributed by atoms with van der Waals surface area (Å²) in [6.07, 6.45) is 1.73. The number of hydrogen-bond donors (Lipinski definition) is 1. The summed E-state index contributed by atoms with van der Waals surface area (Å²) in [7, 11) is 0. The van der Waals surface area contributed by atoms with Crippen LogP contribution in [-0.2, 0) is 13.0 Å². The summed E-state index contributed by atoms with van der Waals surface area (Å²) in [5.74, 6) is 0. The predicted molar refractivity (Wildman–Crippen MR) is 96.5 cm³/mol. The Morgan fingerprint density at radius 2 is 1.75 bits per heavy atom. The number of carbonyl (C=O) groups is 1. The van der Waals surface area contributed by atoms with Crippen LogP contribution in [0.3, 0.4) is 0 Å². The van der Waals surface area contributed by atoms with Crippen molar-refractivity contribution in [1.29, 1.82) is 0 Å². The number of aliphatic hydroxyl groups is 1. The molecule has 0 radical (unpaired) electrons. The second-order valence-corrected chi connectivity index (χ2v) is 6.27. The molecule has 0 aliphatic carbocycles. The SMILES string of the molecule is O=Cc1c(N2Cc3ccccc3CC2CO)ccc2ccccc12. The standard InChI is InChI=1S/C21H19NO2/c23-13-18-11-16-6-1-2-7-17(16)12-22(18)21-10-9-15-5-3-4-8-19(15)20(21)14-24/h1-10,14,18,23H,11-13H2. The predicted octanol–water partition coefficient (Wildman–Crippen LogP) is 3.58. The highest BCUT2D eigenvalue weighted by Gasteiger charge is 2.27. The molecular weight excluding hydrogens is 298 g/mol. The number of aliphatic hydroxyl groups excluding tert-OH is 1. The van der Waals surface area contributed by atoms with Crippen LogP contribution in [-0.4, -0.2) is 24.0 Å². The van der Waals surface area contributed by atoms with E-state index in [-0.39, 0.29) is 12.6 Å². The van der Waals surface area contributed by atoms with Crippen molar-refractivity contribution in [2.45, 2.75) is 19.0 Å². The van der Waals surface area contributed by atoms with Crippen molar-refractivity contribution in [3.63, 3.8) is 0 Å². The van der Waals surface area contributed by atoms with Gasteiger partial charge in [0.15, 0.2) is 6.29 Å². The lowest BCUT2D eigenvalue weighted by Crippen LogP contribution is -2.43. The van der Waals surface area contributed by atoms with Crippen molar-refractivity contribution >= 4 is 22.7 Å². The molecule has 120 valence electrons. The van der Waals surface area contributed by atoms with E-state index in [1.54, 1.807) is 0 Å². The minimum atomic E-state index is -0.0141. The number of rotatable bonds is 3. The zero-order valence-electron chi connectivity index (χ0n) is 13.4. The van der Waals surface area contributed by atoms with Gasteiger partial charge in [-0.1, -0.05) is 54.6 Å². The minimum absolute atomic E-state index is 0.0141. The largest absolute Gasteiger partial charge is 0.394 e. The Hall–Kier alpha value is -2.65. The molecule has 3 nitrogen and oxygen atoms in total. The van der Waals surface area contributed by atoms with Crippen molar-refractivity contribution in [1.82, 2.24) is 0 Å². The van der Waals surface area contributed by atoms with Crippen LogP contribution in [0.25, 0.3) is 10.8 Å². The second kappa shape index (κ2) is 6.10. The molecule has 0 bridgehead atoms. The van der Waals surface area contributed by atoms with Gasteiger partial charge in [0.1, 0.15) is 0 Å². The third-order valence-electron chi connectivity index (χ3n) is 4.94. The van der Waals surface area contributed by atoms with Gasteiger partial charge in [0.2, 0.25) is 0 Å². The Labute approximate surface area is 141 Å². The molecule has 3 heteroatoms. The third kappa shape index (κ3) is 2.38. The third-order valence-corrected chi connectivity index (χ3v) is 4.94. The fraction of sp³-hybridized carbons (Fsp3) is 0.190. The molecular formula is C21H19NO2. The van der Waals surface area contributed by atoms with Crippen LogP contribution in [0.2, 0.25) is 0 Å². The van der Waals surface area contributed by atoms with Gasteiger partial charge >= 0.3 is 0 Å². The van der Waals surface area contributed by atoms with Gasteiger partial charge in [-0.3, -0.25) is 4.79 Å². The molecule has 1 N–H and O–H groups in total. The summed E-state index contributed by atoms with van der Waals surface area (Å²) in [5.41, 5.74) is 4.14. The molecule has 1 heterocycles. The zero-order valence-corrected chi connectivity index (χ0v) is 13.4. The summed E-state index contributed by atoms with van der Waals surface area (Å²) < 4.78 is 0. The molecule has 0 aromatic heterocycles. The molecule has 1 unspecified atom stereocenters. The van der Waals surface area contributed by atoms with Gasteiger partial charge in [0.05, 0.1) is 12.6 Å². The van der Waals surface area contributed by atoms with Crippen LogP contribution in [0, 0.1) is 0 Å². The maximum absolute atomic E-state index is 11.8. The van der Waals surface area contributed by atoms with E-state index in [4.69, 9.17) is 0 Å². The van der Waals surface area contributed by atoms with Gasteiger partial charge in [-0.15, -0.1) is 0 Å². The summed E-state index contributed by atoms with van der Waals surface area (Å²) in [6.45, 7) is 0.778. The smallest absolute Gasteiger partial charge is 0.152 e. The quantitative estimate of drug-likeness (QED) is 0.751. The number of aldehydes is 1. The average Bonchev–Trinajstić information content (AvgIpc) is 2.65. The molecule has 3 aromatic carbocycles. The Morgan fingerprint density at radius 3 is 2.54 bits per heavy atom. The maximum atomic E-state index is 11.8. The Balaban J connectivity index is 1.85. The lowest BCUT2D eigenvalue weighted by atomic mass is 9.92. The Kier molecular flexibility index (Phi) is 3.79. The molecule has 0 spiro atoms. The molecule has 0 saturated carbocycles. The minimum Gasteiger partial charge on any atom is -0.394 e. The number of anilines is 1. The molecule has 1 aliphatic heterocycles. The normalized spacial score (nSPS) is 16.9. The van der Waals surface area contributed by atoms with Crippen molar-refractivity contribution in [2.75, 3.05) is 11.5 Å². The topological polar surface area (TPSA) is 40.5 Å². The highest BCUT2D eigenvalue weighted by Crippen LogP contribution is 2.33. The van der Waals surface area contributed by atoms with Crippen LogP contribution in [0.15, 0.2) is 60.7 Å². The Morgan fingerprint density at radius 1 is 1.00 bits per heavy atom. The molecule has 1 aliphatic rings. The van der Waals surface area contributed by atoms with Gasteiger partial charge in [-0.25, -0.2) is 0 Å². The van der Waals surface area contributed by atoms with E-state index in [2.05, 4.69) is 17.0 Å². The average molecular weight is 317 g/mol. The van der Waals surface area contributed by atoms with Crippen molar-refractivity contribution in [3.05, 3.63) is 77.4 Å².